The standard InChI is InChI=1S/BH3O3.H4O4Si.2H2O/c2-1(3)4;1-5(2,3)4;;/h2-4H;1-4H;2*1H2. The average Bonchev–Trinajstić information content (AvgIpc) is 1.19. The molecule has 11 heteroatoms. The van der Waals surface area contributed by atoms with Crippen LogP contribution in [-0.4, -0.2) is 61.6 Å². The van der Waals surface area contributed by atoms with Crippen LogP contribution in [0.15, 0.2) is 0 Å². The van der Waals surface area contributed by atoms with Crippen LogP contribution in [0.3, 0.4) is 0 Å². The summed E-state index contributed by atoms with van der Waals surface area (Å²) < 4.78 is 0. The summed E-state index contributed by atoms with van der Waals surface area (Å²) in [5, 5.41) is 21.5. The van der Waals surface area contributed by atoms with Crippen molar-refractivity contribution in [1.82, 2.24) is 0 Å². The molecule has 0 aliphatic rings. The van der Waals surface area contributed by atoms with E-state index in [0.29, 0.717) is 0 Å². The fourth-order valence-corrected chi connectivity index (χ4v) is 0. The summed E-state index contributed by atoms with van der Waals surface area (Å²) >= 11 is 0. The van der Waals surface area contributed by atoms with Crippen LogP contribution in [0.1, 0.15) is 0 Å². The van der Waals surface area contributed by atoms with E-state index in [1.165, 1.54) is 0 Å². The van der Waals surface area contributed by atoms with Gasteiger partial charge in [0.1, 0.15) is 0 Å². The Kier molecular flexibility index (Phi) is 20.2. The third-order valence-electron chi connectivity index (χ3n) is 0. The number of hydrogen-bond acceptors (Lipinski definition) is 7. The maximum atomic E-state index is 7.33. The summed E-state index contributed by atoms with van der Waals surface area (Å²) in [6.07, 6.45) is 0. The minimum atomic E-state index is -4.61. The summed E-state index contributed by atoms with van der Waals surface area (Å²) in [6, 6.07) is 0. The first-order valence-corrected chi connectivity index (χ1v) is 3.46. The van der Waals surface area contributed by atoms with E-state index in [0.717, 1.165) is 0 Å². The molecule has 0 saturated carbocycles. The van der Waals surface area contributed by atoms with Gasteiger partial charge >= 0.3 is 16.4 Å². The molecule has 0 radical (unpaired) electrons. The van der Waals surface area contributed by atoms with E-state index in [4.69, 9.17) is 34.3 Å². The zero-order chi connectivity index (χ0) is 8.08. The van der Waals surface area contributed by atoms with Crippen molar-refractivity contribution in [2.75, 3.05) is 0 Å². The molecule has 0 saturated heterocycles. The first kappa shape index (κ1) is 22.4. The SMILES string of the molecule is O.O.OB(O)O.O[Si](O)(O)O. The first-order chi connectivity index (χ1) is 3.73. The minimum absolute atomic E-state index is 0. The topological polar surface area (TPSA) is 205 Å². The van der Waals surface area contributed by atoms with E-state index >= 15 is 0 Å². The molecule has 0 unspecified atom stereocenters. The second-order valence-corrected chi connectivity index (χ2v) is 2.15. The maximum Gasteiger partial charge on any atom is 0.668 e. The lowest BCUT2D eigenvalue weighted by Crippen LogP contribution is -2.33. The van der Waals surface area contributed by atoms with Gasteiger partial charge < -0.3 is 45.2 Å². The van der Waals surface area contributed by atoms with Gasteiger partial charge in [-0.2, -0.15) is 0 Å². The molecule has 0 fully saturated rings. The van der Waals surface area contributed by atoms with Gasteiger partial charge in [0, 0.05) is 0 Å². The van der Waals surface area contributed by atoms with E-state index < -0.39 is 16.4 Å². The Bertz CT molecular complexity index is 46.3. The van der Waals surface area contributed by atoms with Crippen LogP contribution in [0.25, 0.3) is 0 Å². The molecule has 9 nitrogen and oxygen atoms in total. The van der Waals surface area contributed by atoms with Crippen molar-refractivity contribution in [2.45, 2.75) is 0 Å². The highest BCUT2D eigenvalue weighted by Crippen LogP contribution is 1.67. The van der Waals surface area contributed by atoms with E-state index in [2.05, 4.69) is 0 Å². The third-order valence-corrected chi connectivity index (χ3v) is 0. The van der Waals surface area contributed by atoms with Gasteiger partial charge in [0.05, 0.1) is 0 Å². The Morgan fingerprint density at radius 1 is 0.727 bits per heavy atom. The molecule has 72 valence electrons. The summed E-state index contributed by atoms with van der Waals surface area (Å²) in [5.41, 5.74) is 0. The van der Waals surface area contributed by atoms with E-state index in [1.807, 2.05) is 0 Å². The van der Waals surface area contributed by atoms with Crippen LogP contribution >= 0.6 is 0 Å². The second kappa shape index (κ2) is 9.92. The minimum Gasteiger partial charge on any atom is -0.412 e. The van der Waals surface area contributed by atoms with Gasteiger partial charge in [-0.15, -0.1) is 0 Å². The largest absolute Gasteiger partial charge is 0.668 e. The summed E-state index contributed by atoms with van der Waals surface area (Å²) in [7, 11) is -6.78. The Balaban J connectivity index is -0.0000000383. The van der Waals surface area contributed by atoms with Crippen LogP contribution in [-0.2, 0) is 0 Å². The molecule has 0 atom stereocenters. The molecule has 0 spiro atoms. The maximum absolute atomic E-state index is 7.33. The molecule has 0 aromatic heterocycles. The van der Waals surface area contributed by atoms with Crippen LogP contribution < -0.4 is 0 Å². The smallest absolute Gasteiger partial charge is 0.412 e. The summed E-state index contributed by atoms with van der Waals surface area (Å²) in [5.74, 6) is 0. The molecule has 11 heavy (non-hydrogen) atoms. The molecule has 0 aliphatic heterocycles. The summed E-state index contributed by atoms with van der Waals surface area (Å²) in [4.78, 5) is 29.3. The molecule has 0 rings (SSSR count). The highest BCUT2D eigenvalue weighted by Gasteiger charge is 2.22. The quantitative estimate of drug-likeness (QED) is 0.185. The Hall–Kier alpha value is -0.0782. The molecule has 0 bridgehead atoms. The van der Waals surface area contributed by atoms with Crippen molar-refractivity contribution in [3.05, 3.63) is 0 Å². The van der Waals surface area contributed by atoms with Crippen LogP contribution in [0, 0.1) is 0 Å². The zero-order valence-corrected chi connectivity index (χ0v) is 6.21. The fourth-order valence-electron chi connectivity index (χ4n) is 0. The van der Waals surface area contributed by atoms with Gasteiger partial charge in [0.15, 0.2) is 0 Å². The van der Waals surface area contributed by atoms with E-state index in [9.17, 15) is 0 Å². The molecule has 0 aromatic rings. The zero-order valence-electron chi connectivity index (χ0n) is 5.21. The summed E-state index contributed by atoms with van der Waals surface area (Å²) in [6.45, 7) is 0. The highest BCUT2D eigenvalue weighted by atomic mass is 28.4. The van der Waals surface area contributed by atoms with Crippen LogP contribution in [0.4, 0.5) is 0 Å². The van der Waals surface area contributed by atoms with Crippen molar-refractivity contribution < 1.29 is 45.2 Å². The van der Waals surface area contributed by atoms with Crippen molar-refractivity contribution in [2.24, 2.45) is 0 Å². The lowest BCUT2D eigenvalue weighted by atomic mass is 10.3. The third kappa shape index (κ3) is 102000. The van der Waals surface area contributed by atoms with Gasteiger partial charge in [-0.1, -0.05) is 0 Å². The van der Waals surface area contributed by atoms with Gasteiger partial charge in [0.2, 0.25) is 0 Å². The van der Waals surface area contributed by atoms with E-state index in [-0.39, 0.29) is 11.0 Å². The number of rotatable bonds is 0. The molecule has 11 N–H and O–H groups in total. The fraction of sp³-hybridized carbons (Fsp3) is 0. The lowest BCUT2D eigenvalue weighted by Gasteiger charge is -1.91. The predicted octanol–water partition coefficient (Wildman–Crippen LogP) is -6.31. The predicted molar refractivity (Wildman–Crippen MR) is 34.3 cm³/mol. The van der Waals surface area contributed by atoms with Gasteiger partial charge in [-0.3, -0.25) is 0 Å². The average molecular weight is 194 g/mol. The van der Waals surface area contributed by atoms with Crippen molar-refractivity contribution in [3.8, 4) is 0 Å². The van der Waals surface area contributed by atoms with Crippen molar-refractivity contribution in [1.29, 1.82) is 0 Å². The van der Waals surface area contributed by atoms with Crippen molar-refractivity contribution >= 4 is 16.4 Å². The molecule has 0 aromatic carbocycles. The Morgan fingerprint density at radius 3 is 0.727 bits per heavy atom. The van der Waals surface area contributed by atoms with Gasteiger partial charge in [0.25, 0.3) is 0 Å². The number of hydrogen-bond donors (Lipinski definition) is 7. The van der Waals surface area contributed by atoms with Gasteiger partial charge in [-0.25, -0.2) is 0 Å². The van der Waals surface area contributed by atoms with Gasteiger partial charge in [-0.05, 0) is 0 Å². The highest BCUT2D eigenvalue weighted by molar-refractivity contribution is 6.46. The Morgan fingerprint density at radius 2 is 0.727 bits per heavy atom. The molecule has 0 heterocycles. The lowest BCUT2D eigenvalue weighted by molar-refractivity contribution is 0.117. The Labute approximate surface area is 62.7 Å². The van der Waals surface area contributed by atoms with E-state index in [1.54, 1.807) is 0 Å². The van der Waals surface area contributed by atoms with Crippen LogP contribution in [0.2, 0.25) is 0 Å². The molecular weight excluding hydrogens is 183 g/mol. The molecule has 0 amide bonds. The second-order valence-electron chi connectivity index (χ2n) is 0.946. The molecule has 0 aliphatic carbocycles. The molecular formula is H11BO9Si. The van der Waals surface area contributed by atoms with Crippen molar-refractivity contribution in [3.63, 3.8) is 0 Å². The first-order valence-electron chi connectivity index (χ1n) is 1.67. The normalized spacial score (nSPS) is 7.91. The van der Waals surface area contributed by atoms with Crippen LogP contribution in [0.5, 0.6) is 0 Å². The monoisotopic (exact) mass is 194 g/mol.